The monoisotopic (exact) mass is 483 g/mol. The predicted molar refractivity (Wildman–Crippen MR) is 136 cm³/mol. The molecule has 2 saturated heterocycles. The van der Waals surface area contributed by atoms with Crippen molar-refractivity contribution in [2.75, 3.05) is 42.6 Å². The van der Waals surface area contributed by atoms with Crippen LogP contribution in [0.1, 0.15) is 43.7 Å². The van der Waals surface area contributed by atoms with Crippen molar-refractivity contribution >= 4 is 35.9 Å². The number of amides is 1. The number of rotatable bonds is 5. The summed E-state index contributed by atoms with van der Waals surface area (Å²) in [5.74, 6) is 3.46. The van der Waals surface area contributed by atoms with Gasteiger partial charge in [0, 0.05) is 74.0 Å². The van der Waals surface area contributed by atoms with Crippen molar-refractivity contribution in [3.63, 3.8) is 0 Å². The van der Waals surface area contributed by atoms with Crippen molar-refractivity contribution in [1.29, 1.82) is 0 Å². The molecule has 8 heteroatoms. The molecule has 4 fully saturated rings. The van der Waals surface area contributed by atoms with Crippen molar-refractivity contribution in [3.05, 3.63) is 29.3 Å². The molecule has 2 aliphatic carbocycles. The highest BCUT2D eigenvalue weighted by molar-refractivity contribution is 8.00. The Balaban J connectivity index is 1.20. The zero-order valence-corrected chi connectivity index (χ0v) is 20.8. The maximum absolute atomic E-state index is 14.2. The summed E-state index contributed by atoms with van der Waals surface area (Å²) in [6.45, 7) is 10.1. The van der Waals surface area contributed by atoms with Crippen LogP contribution in [0.5, 0.6) is 0 Å². The van der Waals surface area contributed by atoms with Crippen LogP contribution in [-0.4, -0.2) is 77.7 Å². The number of carbonyl (C=O) groups is 1. The van der Waals surface area contributed by atoms with Gasteiger partial charge in [-0.2, -0.15) is 16.9 Å². The maximum atomic E-state index is 14.2. The molecule has 0 radical (unpaired) electrons. The lowest BCUT2D eigenvalue weighted by atomic mass is 9.57. The summed E-state index contributed by atoms with van der Waals surface area (Å²) in [5.41, 5.74) is 2.56. The van der Waals surface area contributed by atoms with Crippen molar-refractivity contribution in [2.45, 2.75) is 57.3 Å². The molecule has 2 saturated carbocycles. The van der Waals surface area contributed by atoms with Gasteiger partial charge < -0.3 is 9.80 Å². The maximum Gasteiger partial charge on any atom is 0.260 e. The minimum absolute atomic E-state index is 0.128. The fourth-order valence-corrected chi connectivity index (χ4v) is 7.12. The zero-order valence-electron chi connectivity index (χ0n) is 20.0. The third-order valence-corrected chi connectivity index (χ3v) is 9.79. The van der Waals surface area contributed by atoms with Gasteiger partial charge in [-0.3, -0.25) is 9.69 Å². The Morgan fingerprint density at radius 2 is 2.00 bits per heavy atom. The number of fused-ring (bicyclic) bond motifs is 1. The fraction of sp³-hybridized carbons (Fsp3) is 0.654. The Labute approximate surface area is 205 Å². The van der Waals surface area contributed by atoms with E-state index in [9.17, 15) is 9.18 Å². The Hall–Kier alpha value is -1.93. The van der Waals surface area contributed by atoms with Gasteiger partial charge in [0.05, 0.1) is 0 Å². The van der Waals surface area contributed by atoms with E-state index in [-0.39, 0.29) is 11.3 Å². The van der Waals surface area contributed by atoms with Gasteiger partial charge in [0.25, 0.3) is 5.91 Å². The van der Waals surface area contributed by atoms with Crippen LogP contribution in [0, 0.1) is 11.3 Å². The summed E-state index contributed by atoms with van der Waals surface area (Å²) in [6.07, 6.45) is 3.77. The van der Waals surface area contributed by atoms with Crippen LogP contribution in [0.4, 0.5) is 10.1 Å². The van der Waals surface area contributed by atoms with Crippen molar-refractivity contribution in [2.24, 2.45) is 21.5 Å². The van der Waals surface area contributed by atoms with E-state index < -0.39 is 5.67 Å². The molecule has 6 rings (SSSR count). The lowest BCUT2D eigenvalue weighted by Gasteiger charge is -2.59. The summed E-state index contributed by atoms with van der Waals surface area (Å²) in [4.78, 5) is 19.1. The van der Waals surface area contributed by atoms with E-state index in [1.807, 2.05) is 11.8 Å². The molecule has 0 bridgehead atoms. The molecule has 1 aromatic rings. The van der Waals surface area contributed by atoms with Gasteiger partial charge in [0.1, 0.15) is 5.84 Å². The molecule has 3 aliphatic heterocycles. The fourth-order valence-electron chi connectivity index (χ4n) is 6.25. The summed E-state index contributed by atoms with van der Waals surface area (Å²) in [5, 5.41) is 8.55. The number of alkyl halides is 1. The van der Waals surface area contributed by atoms with E-state index in [2.05, 4.69) is 51.8 Å². The van der Waals surface area contributed by atoms with Gasteiger partial charge in [-0.05, 0) is 49.3 Å². The first-order chi connectivity index (χ1) is 16.4. The van der Waals surface area contributed by atoms with Gasteiger partial charge in [0.15, 0.2) is 5.67 Å². The highest BCUT2D eigenvalue weighted by Gasteiger charge is 2.61. The molecule has 0 atom stereocenters. The van der Waals surface area contributed by atoms with Crippen LogP contribution in [0.3, 0.4) is 0 Å². The molecule has 0 unspecified atom stereocenters. The Kier molecular flexibility index (Phi) is 5.52. The van der Waals surface area contributed by atoms with Crippen molar-refractivity contribution in [3.8, 4) is 0 Å². The van der Waals surface area contributed by atoms with E-state index in [1.165, 1.54) is 28.3 Å². The van der Waals surface area contributed by atoms with Gasteiger partial charge >= 0.3 is 0 Å². The lowest BCUT2D eigenvalue weighted by molar-refractivity contribution is -0.159. The minimum Gasteiger partial charge on any atom is -0.339 e. The minimum atomic E-state index is -1.55. The molecule has 1 spiro atoms. The van der Waals surface area contributed by atoms with Gasteiger partial charge in [-0.25, -0.2) is 4.39 Å². The molecule has 3 heterocycles. The largest absolute Gasteiger partial charge is 0.339 e. The van der Waals surface area contributed by atoms with Crippen molar-refractivity contribution in [1.82, 2.24) is 9.80 Å². The number of amidine groups is 1. The molecule has 1 amide bonds. The second-order valence-electron chi connectivity index (χ2n) is 11.0. The number of halogens is 1. The van der Waals surface area contributed by atoms with Crippen LogP contribution in [-0.2, 0) is 17.8 Å². The SMILES string of the molecule is C=N/N=C(/C1CC2(C1)CN(C(=O)C1(F)CC1)C2)N1CCN(C2CSC2)Cc2cc(CC)ccc21. The number of likely N-dealkylation sites (tertiary alicyclic amines) is 1. The molecule has 1 aromatic carbocycles. The van der Waals surface area contributed by atoms with Crippen LogP contribution >= 0.6 is 11.8 Å². The van der Waals surface area contributed by atoms with Crippen LogP contribution < -0.4 is 4.90 Å². The molecule has 182 valence electrons. The van der Waals surface area contributed by atoms with E-state index in [1.54, 1.807) is 4.90 Å². The van der Waals surface area contributed by atoms with Crippen molar-refractivity contribution < 1.29 is 9.18 Å². The quantitative estimate of drug-likeness (QED) is 0.364. The highest BCUT2D eigenvalue weighted by Crippen LogP contribution is 2.55. The molecule has 0 aromatic heterocycles. The Morgan fingerprint density at radius 3 is 2.62 bits per heavy atom. The third kappa shape index (κ3) is 3.77. The van der Waals surface area contributed by atoms with Crippen LogP contribution in [0.2, 0.25) is 0 Å². The molecular weight excluding hydrogens is 449 g/mol. The normalized spacial score (nSPS) is 26.2. The summed E-state index contributed by atoms with van der Waals surface area (Å²) in [7, 11) is 0. The topological polar surface area (TPSA) is 51.5 Å². The zero-order chi connectivity index (χ0) is 23.5. The van der Waals surface area contributed by atoms with Crippen LogP contribution in [0.15, 0.2) is 28.4 Å². The second-order valence-corrected chi connectivity index (χ2v) is 12.0. The number of hydrogen-bond acceptors (Lipinski definition) is 5. The summed E-state index contributed by atoms with van der Waals surface area (Å²) >= 11 is 2.03. The Bertz CT molecular complexity index is 1020. The second kappa shape index (κ2) is 8.33. The van der Waals surface area contributed by atoms with E-state index in [4.69, 9.17) is 0 Å². The summed E-state index contributed by atoms with van der Waals surface area (Å²) in [6, 6.07) is 7.53. The average Bonchev–Trinajstić information content (AvgIpc) is 3.51. The number of anilines is 1. The molecule has 5 aliphatic rings. The van der Waals surface area contributed by atoms with E-state index in [0.29, 0.717) is 37.9 Å². The van der Waals surface area contributed by atoms with E-state index >= 15 is 0 Å². The van der Waals surface area contributed by atoms with Gasteiger partial charge in [-0.15, -0.1) is 5.10 Å². The van der Waals surface area contributed by atoms with Crippen LogP contribution in [0.25, 0.3) is 0 Å². The van der Waals surface area contributed by atoms with Gasteiger partial charge in [0.2, 0.25) is 0 Å². The summed E-state index contributed by atoms with van der Waals surface area (Å²) < 4.78 is 14.2. The predicted octanol–water partition coefficient (Wildman–Crippen LogP) is 3.74. The number of carbonyl (C=O) groups excluding carboxylic acids is 1. The molecule has 6 nitrogen and oxygen atoms in total. The molecule has 0 N–H and O–H groups in total. The first kappa shape index (κ1) is 22.5. The third-order valence-electron chi connectivity index (χ3n) is 8.55. The lowest BCUT2D eigenvalue weighted by Crippen LogP contribution is -2.66. The highest BCUT2D eigenvalue weighted by atomic mass is 32.2. The number of benzene rings is 1. The first-order valence-electron chi connectivity index (χ1n) is 12.7. The first-order valence-corrected chi connectivity index (χ1v) is 13.8. The standard InChI is InChI=1S/C26H34FN5OS/c1-3-18-4-5-22-19(10-18)13-30(21-14-34-15-21)8-9-32(22)23(29-28-2)20-11-25(12-20)16-31(17-25)24(33)26(27)6-7-26/h4-5,10,20-21H,2-3,6-9,11-17H2,1H3/b29-23-. The Morgan fingerprint density at radius 1 is 1.24 bits per heavy atom. The number of thioether (sulfide) groups is 1. The smallest absolute Gasteiger partial charge is 0.260 e. The number of nitrogens with zero attached hydrogens (tertiary/aromatic N) is 5. The molecular formula is C26H34FN5OS. The average molecular weight is 484 g/mol. The number of hydrogen-bond donors (Lipinski definition) is 0. The van der Waals surface area contributed by atoms with E-state index in [0.717, 1.165) is 44.7 Å². The number of aryl methyl sites for hydroxylation is 1. The molecule has 34 heavy (non-hydrogen) atoms. The van der Waals surface area contributed by atoms with Gasteiger partial charge in [-0.1, -0.05) is 19.1 Å².